The van der Waals surface area contributed by atoms with E-state index in [2.05, 4.69) is 22.3 Å². The molecule has 0 aromatic heterocycles. The van der Waals surface area contributed by atoms with Crippen molar-refractivity contribution in [3.05, 3.63) is 59.7 Å². The molecule has 2 aliphatic rings. The van der Waals surface area contributed by atoms with E-state index in [-0.39, 0.29) is 11.8 Å². The Hall–Kier alpha value is -2.64. The van der Waals surface area contributed by atoms with Crippen LogP contribution in [0, 0.1) is 0 Å². The number of methoxy groups -OCH3 is 2. The highest BCUT2D eigenvalue weighted by Crippen LogP contribution is 2.42. The number of nitrogens with zero attached hydrogens (tertiary/aromatic N) is 2. The molecule has 1 amide bonds. The Morgan fingerprint density at radius 3 is 2.43 bits per heavy atom. The highest BCUT2D eigenvalue weighted by Gasteiger charge is 2.58. The quantitative estimate of drug-likeness (QED) is 0.718. The molecule has 158 valence electrons. The summed E-state index contributed by atoms with van der Waals surface area (Å²) in [6.07, 6.45) is 0.762. The van der Waals surface area contributed by atoms with Gasteiger partial charge in [-0.1, -0.05) is 30.3 Å². The second kappa shape index (κ2) is 8.24. The molecule has 6 nitrogen and oxygen atoms in total. The smallest absolute Gasteiger partial charge is 0.256 e. The second-order valence-electron chi connectivity index (χ2n) is 7.99. The Kier molecular flexibility index (Phi) is 5.66. The molecule has 2 fully saturated rings. The van der Waals surface area contributed by atoms with Gasteiger partial charge in [0.15, 0.2) is 5.11 Å². The minimum Gasteiger partial charge on any atom is -0.497 e. The van der Waals surface area contributed by atoms with E-state index in [9.17, 15) is 4.79 Å². The van der Waals surface area contributed by atoms with E-state index in [1.165, 1.54) is 5.56 Å². The summed E-state index contributed by atoms with van der Waals surface area (Å²) in [5.41, 5.74) is 1.41. The number of benzene rings is 2. The van der Waals surface area contributed by atoms with Gasteiger partial charge in [-0.15, -0.1) is 0 Å². The van der Waals surface area contributed by atoms with Crippen LogP contribution in [0.4, 0.5) is 0 Å². The third-order valence-corrected chi connectivity index (χ3v) is 6.38. The van der Waals surface area contributed by atoms with E-state index >= 15 is 0 Å². The van der Waals surface area contributed by atoms with Gasteiger partial charge >= 0.3 is 0 Å². The highest BCUT2D eigenvalue weighted by atomic mass is 32.1. The van der Waals surface area contributed by atoms with Crippen LogP contribution in [0.25, 0.3) is 0 Å². The average Bonchev–Trinajstić information content (AvgIpc) is 3.22. The molecular weight excluding hydrogens is 398 g/mol. The number of thiocarbonyl (C=S) groups is 1. The molecule has 0 bridgehead atoms. The van der Waals surface area contributed by atoms with Crippen LogP contribution in [0.3, 0.4) is 0 Å². The van der Waals surface area contributed by atoms with Gasteiger partial charge in [-0.05, 0) is 48.9 Å². The van der Waals surface area contributed by atoms with Gasteiger partial charge in [-0.3, -0.25) is 9.69 Å². The van der Waals surface area contributed by atoms with Crippen molar-refractivity contribution >= 4 is 23.2 Å². The van der Waals surface area contributed by atoms with Crippen molar-refractivity contribution in [2.75, 3.05) is 40.9 Å². The third kappa shape index (κ3) is 3.63. The number of carbonyl (C=O) groups is 1. The molecule has 2 saturated heterocycles. The first-order chi connectivity index (χ1) is 14.5. The van der Waals surface area contributed by atoms with E-state index in [4.69, 9.17) is 21.7 Å². The van der Waals surface area contributed by atoms with Gasteiger partial charge in [0.1, 0.15) is 17.0 Å². The van der Waals surface area contributed by atoms with E-state index in [0.29, 0.717) is 29.7 Å². The fourth-order valence-electron chi connectivity index (χ4n) is 4.57. The Morgan fingerprint density at radius 2 is 1.80 bits per heavy atom. The summed E-state index contributed by atoms with van der Waals surface area (Å²) in [5.74, 6) is 1.39. The van der Waals surface area contributed by atoms with Crippen LogP contribution in [0.15, 0.2) is 48.5 Å². The minimum absolute atomic E-state index is 0.0413. The van der Waals surface area contributed by atoms with Gasteiger partial charge < -0.3 is 19.7 Å². The summed E-state index contributed by atoms with van der Waals surface area (Å²) >= 11 is 5.61. The second-order valence-corrected chi connectivity index (χ2v) is 8.38. The lowest BCUT2D eigenvalue weighted by Gasteiger charge is -2.29. The summed E-state index contributed by atoms with van der Waals surface area (Å²) in [5, 5.41) is 3.91. The number of likely N-dealkylation sites (N-methyl/N-ethyl adjacent to an activating group) is 1. The molecule has 2 aromatic carbocycles. The summed E-state index contributed by atoms with van der Waals surface area (Å²) < 4.78 is 10.9. The predicted octanol–water partition coefficient (Wildman–Crippen LogP) is 2.43. The van der Waals surface area contributed by atoms with Crippen LogP contribution < -0.4 is 14.8 Å². The number of rotatable bonds is 6. The van der Waals surface area contributed by atoms with Crippen molar-refractivity contribution in [1.82, 2.24) is 15.1 Å². The Morgan fingerprint density at radius 1 is 1.13 bits per heavy atom. The lowest BCUT2D eigenvalue weighted by atomic mass is 9.81. The van der Waals surface area contributed by atoms with E-state index < -0.39 is 5.54 Å². The van der Waals surface area contributed by atoms with Crippen LogP contribution in [0.1, 0.15) is 17.0 Å². The van der Waals surface area contributed by atoms with Crippen LogP contribution in [-0.4, -0.2) is 67.3 Å². The molecule has 2 aliphatic heterocycles. The molecule has 0 aliphatic carbocycles. The maximum atomic E-state index is 13.7. The number of likely N-dealkylation sites (tertiary alicyclic amines) is 1. The van der Waals surface area contributed by atoms with Crippen molar-refractivity contribution in [2.45, 2.75) is 17.9 Å². The predicted molar refractivity (Wildman–Crippen MR) is 120 cm³/mol. The standard InChI is InChI=1S/C23H27N3O3S/c1-25-14-20(17-11-18(28-2)13-19(12-17)29-3)23(15-25)21(27)26(22(30)24-23)10-9-16-7-5-4-6-8-16/h4-8,11-13,20H,9-10,14-15H2,1-3H3,(H,24,30)/t20-,23-/m0/s1. The minimum atomic E-state index is -0.778. The number of hydrogen-bond donors (Lipinski definition) is 1. The monoisotopic (exact) mass is 425 g/mol. The van der Waals surface area contributed by atoms with Crippen LogP contribution >= 0.6 is 12.2 Å². The fourth-order valence-corrected chi connectivity index (χ4v) is 4.92. The van der Waals surface area contributed by atoms with E-state index in [0.717, 1.165) is 18.5 Å². The molecule has 0 radical (unpaired) electrons. The number of ether oxygens (including phenoxy) is 2. The summed E-state index contributed by atoms with van der Waals surface area (Å²) in [6, 6.07) is 16.0. The molecular formula is C23H27N3O3S. The molecule has 2 heterocycles. The Labute approximate surface area is 182 Å². The third-order valence-electron chi connectivity index (χ3n) is 6.05. The van der Waals surface area contributed by atoms with Crippen LogP contribution in [0.2, 0.25) is 0 Å². The number of amides is 1. The maximum absolute atomic E-state index is 13.7. The van der Waals surface area contributed by atoms with E-state index in [1.54, 1.807) is 19.1 Å². The largest absolute Gasteiger partial charge is 0.497 e. The SMILES string of the molecule is COc1cc(OC)cc([C@@H]2CN(C)C[C@]23NC(=S)N(CCc2ccccc2)C3=O)c1. The summed E-state index contributed by atoms with van der Waals surface area (Å²) in [7, 11) is 5.30. The van der Waals surface area contributed by atoms with Crippen LogP contribution in [-0.2, 0) is 11.2 Å². The molecule has 2 atom stereocenters. The first-order valence-electron chi connectivity index (χ1n) is 10.1. The topological polar surface area (TPSA) is 54.0 Å². The van der Waals surface area contributed by atoms with Gasteiger partial charge in [-0.25, -0.2) is 0 Å². The molecule has 1 N–H and O–H groups in total. The Balaban J connectivity index is 1.63. The lowest BCUT2D eigenvalue weighted by Crippen LogP contribution is -2.52. The first kappa shape index (κ1) is 20.6. The number of hydrogen-bond acceptors (Lipinski definition) is 5. The van der Waals surface area contributed by atoms with E-state index in [1.807, 2.05) is 43.4 Å². The summed E-state index contributed by atoms with van der Waals surface area (Å²) in [6.45, 7) is 1.90. The zero-order valence-corrected chi connectivity index (χ0v) is 18.4. The zero-order valence-electron chi connectivity index (χ0n) is 17.6. The molecule has 2 aromatic rings. The number of carbonyl (C=O) groups excluding carboxylic acids is 1. The van der Waals surface area contributed by atoms with Crippen molar-refractivity contribution in [1.29, 1.82) is 0 Å². The number of nitrogens with one attached hydrogen (secondary N) is 1. The normalized spacial score (nSPS) is 23.8. The van der Waals surface area contributed by atoms with Crippen molar-refractivity contribution < 1.29 is 14.3 Å². The van der Waals surface area contributed by atoms with Gasteiger partial charge in [-0.2, -0.15) is 0 Å². The van der Waals surface area contributed by atoms with Crippen LogP contribution in [0.5, 0.6) is 11.5 Å². The van der Waals surface area contributed by atoms with Gasteiger partial charge in [0.05, 0.1) is 14.2 Å². The molecule has 30 heavy (non-hydrogen) atoms. The lowest BCUT2D eigenvalue weighted by molar-refractivity contribution is -0.131. The van der Waals surface area contributed by atoms with Gasteiger partial charge in [0.25, 0.3) is 5.91 Å². The van der Waals surface area contributed by atoms with Gasteiger partial charge in [0.2, 0.25) is 0 Å². The highest BCUT2D eigenvalue weighted by molar-refractivity contribution is 7.80. The fraction of sp³-hybridized carbons (Fsp3) is 0.391. The molecule has 4 rings (SSSR count). The maximum Gasteiger partial charge on any atom is 0.256 e. The van der Waals surface area contributed by atoms with Crippen molar-refractivity contribution in [3.63, 3.8) is 0 Å². The molecule has 7 heteroatoms. The van der Waals surface area contributed by atoms with Crippen molar-refractivity contribution in [3.8, 4) is 11.5 Å². The zero-order chi connectivity index (χ0) is 21.3. The molecule has 0 saturated carbocycles. The van der Waals surface area contributed by atoms with Gasteiger partial charge in [0, 0.05) is 31.6 Å². The average molecular weight is 426 g/mol. The first-order valence-corrected chi connectivity index (χ1v) is 10.5. The Bertz CT molecular complexity index is 930. The summed E-state index contributed by atoms with van der Waals surface area (Å²) in [4.78, 5) is 17.6. The molecule has 0 unspecified atom stereocenters. The molecule has 1 spiro atoms. The van der Waals surface area contributed by atoms with Crippen molar-refractivity contribution in [2.24, 2.45) is 0 Å².